The molecule has 0 amide bonds. The quantitative estimate of drug-likeness (QED) is 0.536. The zero-order valence-electron chi connectivity index (χ0n) is 8.12. The Morgan fingerprint density at radius 1 is 1.36 bits per heavy atom. The van der Waals surface area contributed by atoms with E-state index in [1.807, 2.05) is 30.3 Å². The highest BCUT2D eigenvalue weighted by Gasteiger charge is 2.01. The van der Waals surface area contributed by atoms with Gasteiger partial charge in [0.1, 0.15) is 6.11 Å². The fourth-order valence-corrected chi connectivity index (χ4v) is 1.05. The van der Waals surface area contributed by atoms with Crippen LogP contribution in [0.3, 0.4) is 0 Å². The fourth-order valence-electron chi connectivity index (χ4n) is 1.05. The second-order valence-corrected chi connectivity index (χ2v) is 2.81. The molecular formula is C12H12O2. The molecule has 0 saturated carbocycles. The zero-order chi connectivity index (χ0) is 10.2. The largest absolute Gasteiger partial charge is 0.372 e. The summed E-state index contributed by atoms with van der Waals surface area (Å²) >= 11 is 0. The van der Waals surface area contributed by atoms with Crippen molar-refractivity contribution in [3.63, 3.8) is 0 Å². The molecule has 1 rings (SSSR count). The Morgan fingerprint density at radius 3 is 2.71 bits per heavy atom. The molecule has 14 heavy (non-hydrogen) atoms. The molecule has 0 atom stereocenters. The Hall–Kier alpha value is -1.75. The van der Waals surface area contributed by atoms with Gasteiger partial charge in [0, 0.05) is 6.92 Å². The van der Waals surface area contributed by atoms with Gasteiger partial charge in [0.15, 0.2) is 0 Å². The minimum Gasteiger partial charge on any atom is -0.372 e. The van der Waals surface area contributed by atoms with Crippen molar-refractivity contribution in [3.8, 4) is 12.0 Å². The van der Waals surface area contributed by atoms with Gasteiger partial charge in [-0.15, -0.1) is 0 Å². The third-order valence-electron chi connectivity index (χ3n) is 1.73. The van der Waals surface area contributed by atoms with Crippen LogP contribution in [0.4, 0.5) is 0 Å². The molecule has 2 nitrogen and oxygen atoms in total. The molecule has 2 heteroatoms. The second kappa shape index (κ2) is 5.82. The van der Waals surface area contributed by atoms with Crippen LogP contribution in [0.2, 0.25) is 0 Å². The van der Waals surface area contributed by atoms with Crippen LogP contribution in [0.5, 0.6) is 0 Å². The number of hydrogen-bond donors (Lipinski definition) is 0. The summed E-state index contributed by atoms with van der Waals surface area (Å²) in [6.07, 6.45) is 3.36. The topological polar surface area (TPSA) is 26.3 Å². The summed E-state index contributed by atoms with van der Waals surface area (Å²) in [5, 5.41) is 0. The molecule has 0 heterocycles. The normalized spacial score (nSPS) is 8.64. The van der Waals surface area contributed by atoms with Crippen molar-refractivity contribution in [2.24, 2.45) is 0 Å². The van der Waals surface area contributed by atoms with E-state index in [1.165, 1.54) is 0 Å². The summed E-state index contributed by atoms with van der Waals surface area (Å²) in [5.41, 5.74) is 1.13. The molecular weight excluding hydrogens is 176 g/mol. The van der Waals surface area contributed by atoms with Crippen molar-refractivity contribution in [1.82, 2.24) is 0 Å². The molecule has 0 aliphatic carbocycles. The van der Waals surface area contributed by atoms with Gasteiger partial charge in [-0.3, -0.25) is 4.79 Å². The Kier molecular flexibility index (Phi) is 4.30. The van der Waals surface area contributed by atoms with E-state index < -0.39 is 0 Å². The van der Waals surface area contributed by atoms with Crippen molar-refractivity contribution in [2.75, 3.05) is 0 Å². The lowest BCUT2D eigenvalue weighted by atomic mass is 10.1. The van der Waals surface area contributed by atoms with Crippen LogP contribution in [0.1, 0.15) is 18.9 Å². The molecule has 0 aliphatic heterocycles. The molecule has 0 fully saturated rings. The lowest BCUT2D eigenvalue weighted by molar-refractivity contribution is -0.136. The minimum absolute atomic E-state index is 0.275. The highest BCUT2D eigenvalue weighted by Crippen LogP contribution is 2.02. The zero-order valence-corrected chi connectivity index (χ0v) is 8.12. The van der Waals surface area contributed by atoms with Crippen LogP contribution in [0.15, 0.2) is 30.3 Å². The van der Waals surface area contributed by atoms with E-state index >= 15 is 0 Å². The second-order valence-electron chi connectivity index (χ2n) is 2.81. The molecule has 0 spiro atoms. The SMILES string of the molecule is CC#COC(=O)CCc1ccccc1. The number of rotatable bonds is 3. The monoisotopic (exact) mass is 188 g/mol. The molecule has 0 N–H and O–H groups in total. The first-order valence-electron chi connectivity index (χ1n) is 4.48. The van der Waals surface area contributed by atoms with Crippen LogP contribution in [-0.2, 0) is 16.0 Å². The number of carbonyl (C=O) groups excluding carboxylic acids is 1. The highest BCUT2D eigenvalue weighted by molar-refractivity contribution is 5.70. The van der Waals surface area contributed by atoms with E-state index in [9.17, 15) is 4.79 Å². The summed E-state index contributed by atoms with van der Waals surface area (Å²) in [7, 11) is 0. The molecule has 0 saturated heterocycles. The van der Waals surface area contributed by atoms with Crippen molar-refractivity contribution in [1.29, 1.82) is 0 Å². The molecule has 0 bridgehead atoms. The lowest BCUT2D eigenvalue weighted by Crippen LogP contribution is -2.01. The predicted octanol–water partition coefficient (Wildman–Crippen LogP) is 2.14. The van der Waals surface area contributed by atoms with Gasteiger partial charge in [0.25, 0.3) is 0 Å². The third kappa shape index (κ3) is 3.77. The van der Waals surface area contributed by atoms with E-state index in [1.54, 1.807) is 6.92 Å². The van der Waals surface area contributed by atoms with E-state index in [-0.39, 0.29) is 5.97 Å². The molecule has 0 aliphatic rings. The number of benzene rings is 1. The number of aryl methyl sites for hydroxylation is 1. The number of hydrogen-bond acceptors (Lipinski definition) is 2. The van der Waals surface area contributed by atoms with Gasteiger partial charge in [0.05, 0.1) is 6.42 Å². The van der Waals surface area contributed by atoms with Crippen molar-refractivity contribution < 1.29 is 9.53 Å². The molecule has 1 aromatic carbocycles. The van der Waals surface area contributed by atoms with Gasteiger partial charge in [0.2, 0.25) is 0 Å². The summed E-state index contributed by atoms with van der Waals surface area (Å²) in [4.78, 5) is 11.1. The molecule has 0 aromatic heterocycles. The van der Waals surface area contributed by atoms with E-state index in [2.05, 4.69) is 16.8 Å². The first-order valence-corrected chi connectivity index (χ1v) is 4.48. The van der Waals surface area contributed by atoms with E-state index in [0.29, 0.717) is 12.8 Å². The Balaban J connectivity index is 2.33. The summed E-state index contributed by atoms with van der Waals surface area (Å²) in [6, 6.07) is 9.82. The molecule has 0 radical (unpaired) electrons. The first kappa shape index (κ1) is 10.3. The average Bonchev–Trinajstić information content (AvgIpc) is 2.25. The Morgan fingerprint density at radius 2 is 2.07 bits per heavy atom. The van der Waals surface area contributed by atoms with Crippen LogP contribution >= 0.6 is 0 Å². The molecule has 0 unspecified atom stereocenters. The smallest absolute Gasteiger partial charge is 0.320 e. The van der Waals surface area contributed by atoms with Gasteiger partial charge < -0.3 is 4.74 Å². The van der Waals surface area contributed by atoms with Gasteiger partial charge in [-0.05, 0) is 12.0 Å². The average molecular weight is 188 g/mol. The van der Waals surface area contributed by atoms with Gasteiger partial charge in [-0.2, -0.15) is 0 Å². The standard InChI is InChI=1S/C12H12O2/c1-2-10-14-12(13)9-8-11-6-4-3-5-7-11/h3-7H,8-9H2,1H3. The summed E-state index contributed by atoms with van der Waals surface area (Å²) < 4.78 is 4.61. The van der Waals surface area contributed by atoms with Gasteiger partial charge >= 0.3 is 5.97 Å². The van der Waals surface area contributed by atoms with Crippen LogP contribution in [0.25, 0.3) is 0 Å². The minimum atomic E-state index is -0.275. The van der Waals surface area contributed by atoms with E-state index in [0.717, 1.165) is 5.56 Å². The Labute approximate surface area is 83.9 Å². The van der Waals surface area contributed by atoms with Crippen LogP contribution in [-0.4, -0.2) is 5.97 Å². The number of carbonyl (C=O) groups is 1. The number of esters is 1. The Bertz CT molecular complexity index is 344. The highest BCUT2D eigenvalue weighted by atomic mass is 16.5. The van der Waals surface area contributed by atoms with Crippen LogP contribution < -0.4 is 0 Å². The first-order chi connectivity index (χ1) is 6.83. The molecule has 1 aromatic rings. The fraction of sp³-hybridized carbons (Fsp3) is 0.250. The maximum atomic E-state index is 11.1. The summed E-state index contributed by atoms with van der Waals surface area (Å²) in [6.45, 7) is 1.63. The summed E-state index contributed by atoms with van der Waals surface area (Å²) in [5.74, 6) is 2.23. The number of ether oxygens (including phenoxy) is 1. The third-order valence-corrected chi connectivity index (χ3v) is 1.73. The van der Waals surface area contributed by atoms with Gasteiger partial charge in [-0.1, -0.05) is 36.3 Å². The van der Waals surface area contributed by atoms with Crippen LogP contribution in [0, 0.1) is 12.0 Å². The predicted molar refractivity (Wildman–Crippen MR) is 54.3 cm³/mol. The molecule has 72 valence electrons. The maximum absolute atomic E-state index is 11.1. The van der Waals surface area contributed by atoms with Crippen molar-refractivity contribution in [2.45, 2.75) is 19.8 Å². The van der Waals surface area contributed by atoms with Crippen molar-refractivity contribution >= 4 is 5.97 Å². The maximum Gasteiger partial charge on any atom is 0.320 e. The van der Waals surface area contributed by atoms with Crippen molar-refractivity contribution in [3.05, 3.63) is 35.9 Å². The van der Waals surface area contributed by atoms with Gasteiger partial charge in [-0.25, -0.2) is 0 Å². The van der Waals surface area contributed by atoms with E-state index in [4.69, 9.17) is 0 Å². The lowest BCUT2D eigenvalue weighted by Gasteiger charge is -1.98.